The average Bonchev–Trinajstić information content (AvgIpc) is 3.14. The van der Waals surface area contributed by atoms with Crippen LogP contribution in [0, 0.1) is 13.8 Å². The first kappa shape index (κ1) is 25.0. The van der Waals surface area contributed by atoms with E-state index in [-0.39, 0.29) is 24.3 Å². The molecule has 0 aliphatic rings. The molecule has 34 heavy (non-hydrogen) atoms. The highest BCUT2D eigenvalue weighted by Gasteiger charge is 2.21. The van der Waals surface area contributed by atoms with E-state index in [9.17, 15) is 14.4 Å². The molecule has 2 aromatic carbocycles. The lowest BCUT2D eigenvalue weighted by Gasteiger charge is -2.22. The molecular formula is C25H28N4O4S. The Morgan fingerprint density at radius 2 is 1.65 bits per heavy atom. The second-order valence-corrected chi connectivity index (χ2v) is 8.73. The Labute approximate surface area is 203 Å². The molecule has 178 valence electrons. The van der Waals surface area contributed by atoms with Gasteiger partial charge in [0.25, 0.3) is 5.91 Å². The van der Waals surface area contributed by atoms with Gasteiger partial charge in [-0.15, -0.1) is 11.8 Å². The van der Waals surface area contributed by atoms with Gasteiger partial charge in [0.15, 0.2) is 0 Å². The standard InChI is InChI=1S/C25H28N4O4S/c1-5-29(14-24(31)27-20-12-10-19(11-13-20)26-18(4)30)25(32)21-8-6-7-9-23(21)34-15-22-16(2)28-33-17(22)3/h6-13H,5,14-15H2,1-4H3,(H,26,30)(H,27,31). The van der Waals surface area contributed by atoms with E-state index in [0.717, 1.165) is 21.9 Å². The van der Waals surface area contributed by atoms with Crippen molar-refractivity contribution >= 4 is 40.9 Å². The van der Waals surface area contributed by atoms with Gasteiger partial charge >= 0.3 is 0 Å². The van der Waals surface area contributed by atoms with Crippen LogP contribution in [-0.2, 0) is 15.3 Å². The minimum absolute atomic E-state index is 0.0777. The van der Waals surface area contributed by atoms with E-state index in [0.29, 0.717) is 29.2 Å². The molecule has 3 amide bonds. The molecule has 0 spiro atoms. The smallest absolute Gasteiger partial charge is 0.255 e. The van der Waals surface area contributed by atoms with Crippen LogP contribution < -0.4 is 10.6 Å². The number of hydrogen-bond donors (Lipinski definition) is 2. The molecule has 0 saturated carbocycles. The SMILES string of the molecule is CCN(CC(=O)Nc1ccc(NC(C)=O)cc1)C(=O)c1ccccc1SCc1c(C)noc1C. The summed E-state index contributed by atoms with van der Waals surface area (Å²) in [7, 11) is 0. The van der Waals surface area contributed by atoms with Gasteiger partial charge in [0.2, 0.25) is 11.8 Å². The molecule has 0 saturated heterocycles. The van der Waals surface area contributed by atoms with Crippen molar-refractivity contribution in [2.45, 2.75) is 38.3 Å². The number of likely N-dealkylation sites (N-methyl/N-ethyl adjacent to an activating group) is 1. The maximum absolute atomic E-state index is 13.3. The van der Waals surface area contributed by atoms with Gasteiger partial charge in [-0.1, -0.05) is 17.3 Å². The van der Waals surface area contributed by atoms with Crippen LogP contribution in [0.15, 0.2) is 57.9 Å². The Hall–Kier alpha value is -3.59. The highest BCUT2D eigenvalue weighted by Crippen LogP contribution is 2.29. The highest BCUT2D eigenvalue weighted by atomic mass is 32.2. The summed E-state index contributed by atoms with van der Waals surface area (Å²) in [5.41, 5.74) is 3.63. The predicted octanol–water partition coefficient (Wildman–Crippen LogP) is 4.64. The van der Waals surface area contributed by atoms with Crippen LogP contribution in [0.3, 0.4) is 0 Å². The number of amides is 3. The number of rotatable bonds is 9. The van der Waals surface area contributed by atoms with E-state index in [4.69, 9.17) is 4.52 Å². The van der Waals surface area contributed by atoms with E-state index >= 15 is 0 Å². The number of anilines is 2. The topological polar surface area (TPSA) is 105 Å². The number of thioether (sulfide) groups is 1. The van der Waals surface area contributed by atoms with Crippen LogP contribution in [0.5, 0.6) is 0 Å². The molecule has 0 aliphatic carbocycles. The maximum atomic E-state index is 13.3. The minimum atomic E-state index is -0.302. The predicted molar refractivity (Wildman–Crippen MR) is 133 cm³/mol. The minimum Gasteiger partial charge on any atom is -0.361 e. The molecule has 0 bridgehead atoms. The third-order valence-electron chi connectivity index (χ3n) is 5.16. The summed E-state index contributed by atoms with van der Waals surface area (Å²) in [5, 5.41) is 9.46. The fourth-order valence-corrected chi connectivity index (χ4v) is 4.54. The molecule has 0 fully saturated rings. The van der Waals surface area contributed by atoms with Crippen LogP contribution in [-0.4, -0.2) is 40.9 Å². The van der Waals surface area contributed by atoms with Gasteiger partial charge in [-0.2, -0.15) is 0 Å². The first-order valence-corrected chi connectivity index (χ1v) is 11.9. The molecule has 0 radical (unpaired) electrons. The zero-order valence-electron chi connectivity index (χ0n) is 19.7. The van der Waals surface area contributed by atoms with Crippen molar-refractivity contribution in [2.24, 2.45) is 0 Å². The summed E-state index contributed by atoms with van der Waals surface area (Å²) in [5.74, 6) is 0.723. The van der Waals surface area contributed by atoms with Crippen LogP contribution in [0.25, 0.3) is 0 Å². The van der Waals surface area contributed by atoms with E-state index in [1.807, 2.05) is 39.0 Å². The highest BCUT2D eigenvalue weighted by molar-refractivity contribution is 7.98. The van der Waals surface area contributed by atoms with Gasteiger partial charge in [-0.3, -0.25) is 14.4 Å². The monoisotopic (exact) mass is 480 g/mol. The molecule has 0 aliphatic heterocycles. The molecule has 1 heterocycles. The molecule has 3 rings (SSSR count). The zero-order valence-corrected chi connectivity index (χ0v) is 20.5. The third-order valence-corrected chi connectivity index (χ3v) is 6.26. The van der Waals surface area contributed by atoms with E-state index in [2.05, 4.69) is 15.8 Å². The summed E-state index contributed by atoms with van der Waals surface area (Å²) in [6.45, 7) is 7.35. The average molecular weight is 481 g/mol. The van der Waals surface area contributed by atoms with Crippen LogP contribution >= 0.6 is 11.8 Å². The van der Waals surface area contributed by atoms with Crippen molar-refractivity contribution in [1.82, 2.24) is 10.1 Å². The zero-order chi connectivity index (χ0) is 24.7. The number of benzene rings is 2. The molecule has 9 heteroatoms. The first-order valence-electron chi connectivity index (χ1n) is 10.9. The van der Waals surface area contributed by atoms with E-state index in [1.165, 1.54) is 23.6 Å². The summed E-state index contributed by atoms with van der Waals surface area (Å²) < 4.78 is 5.23. The second kappa shape index (κ2) is 11.5. The quantitative estimate of drug-likeness (QED) is 0.432. The van der Waals surface area contributed by atoms with Gasteiger partial charge in [0, 0.05) is 41.1 Å². The Balaban J connectivity index is 1.66. The molecule has 2 N–H and O–H groups in total. The Morgan fingerprint density at radius 1 is 1.00 bits per heavy atom. The summed E-state index contributed by atoms with van der Waals surface area (Å²) in [6, 6.07) is 14.2. The lowest BCUT2D eigenvalue weighted by molar-refractivity contribution is -0.117. The molecular weight excluding hydrogens is 452 g/mol. The number of carbonyl (C=O) groups excluding carboxylic acids is 3. The van der Waals surface area contributed by atoms with Crippen LogP contribution in [0.4, 0.5) is 11.4 Å². The normalized spacial score (nSPS) is 10.6. The van der Waals surface area contributed by atoms with Gasteiger partial charge in [-0.25, -0.2) is 0 Å². The number of carbonyl (C=O) groups is 3. The van der Waals surface area contributed by atoms with Crippen LogP contribution in [0.2, 0.25) is 0 Å². The lowest BCUT2D eigenvalue weighted by Crippen LogP contribution is -2.38. The molecule has 0 unspecified atom stereocenters. The van der Waals surface area contributed by atoms with Gasteiger partial charge in [-0.05, 0) is 57.2 Å². The summed E-state index contributed by atoms with van der Waals surface area (Å²) >= 11 is 1.54. The number of aromatic nitrogens is 1. The maximum Gasteiger partial charge on any atom is 0.255 e. The fourth-order valence-electron chi connectivity index (χ4n) is 3.34. The summed E-state index contributed by atoms with van der Waals surface area (Å²) in [4.78, 5) is 39.4. The largest absolute Gasteiger partial charge is 0.361 e. The number of aryl methyl sites for hydroxylation is 2. The Kier molecular flexibility index (Phi) is 8.48. The lowest BCUT2D eigenvalue weighted by atomic mass is 10.2. The molecule has 8 nitrogen and oxygen atoms in total. The van der Waals surface area contributed by atoms with Gasteiger partial charge in [0.05, 0.1) is 11.3 Å². The van der Waals surface area contributed by atoms with Crippen molar-refractivity contribution in [1.29, 1.82) is 0 Å². The fraction of sp³-hybridized carbons (Fsp3) is 0.280. The van der Waals surface area contributed by atoms with Crippen molar-refractivity contribution < 1.29 is 18.9 Å². The molecule has 1 aromatic heterocycles. The number of nitrogens with zero attached hydrogens (tertiary/aromatic N) is 2. The second-order valence-electron chi connectivity index (χ2n) is 7.71. The van der Waals surface area contributed by atoms with Crippen molar-refractivity contribution in [2.75, 3.05) is 23.7 Å². The van der Waals surface area contributed by atoms with E-state index in [1.54, 1.807) is 30.3 Å². The number of hydrogen-bond acceptors (Lipinski definition) is 6. The van der Waals surface area contributed by atoms with Gasteiger partial charge in [0.1, 0.15) is 12.3 Å². The Bertz CT molecular complexity index is 1150. The summed E-state index contributed by atoms with van der Waals surface area (Å²) in [6.07, 6.45) is 0. The van der Waals surface area contributed by atoms with Crippen molar-refractivity contribution in [3.63, 3.8) is 0 Å². The molecule has 3 aromatic rings. The number of nitrogens with one attached hydrogen (secondary N) is 2. The van der Waals surface area contributed by atoms with E-state index < -0.39 is 0 Å². The first-order chi connectivity index (χ1) is 16.3. The molecule has 0 atom stereocenters. The Morgan fingerprint density at radius 3 is 2.24 bits per heavy atom. The van der Waals surface area contributed by atoms with Gasteiger partial charge < -0.3 is 20.1 Å². The third kappa shape index (κ3) is 6.48. The van der Waals surface area contributed by atoms with Crippen LogP contribution in [0.1, 0.15) is 41.2 Å². The van der Waals surface area contributed by atoms with Crippen molar-refractivity contribution in [3.8, 4) is 0 Å². The van der Waals surface area contributed by atoms with Crippen molar-refractivity contribution in [3.05, 3.63) is 71.1 Å².